The highest BCUT2D eigenvalue weighted by Crippen LogP contribution is 2.28. The SMILES string of the molecule is CCCn1c(SCC(=O)Nc2cccc(C(C)=O)c2)nnc1-c1csc(C)c1. The van der Waals surface area contributed by atoms with Crippen LogP contribution in [0.15, 0.2) is 40.9 Å². The summed E-state index contributed by atoms with van der Waals surface area (Å²) >= 11 is 3.04. The van der Waals surface area contributed by atoms with Gasteiger partial charge in [0.15, 0.2) is 16.8 Å². The van der Waals surface area contributed by atoms with Gasteiger partial charge in [0.05, 0.1) is 5.75 Å². The first-order chi connectivity index (χ1) is 13.5. The van der Waals surface area contributed by atoms with Crippen molar-refractivity contribution in [2.24, 2.45) is 0 Å². The van der Waals surface area contributed by atoms with E-state index in [-0.39, 0.29) is 17.4 Å². The van der Waals surface area contributed by atoms with Crippen LogP contribution in [0.3, 0.4) is 0 Å². The van der Waals surface area contributed by atoms with E-state index in [0.29, 0.717) is 11.3 Å². The summed E-state index contributed by atoms with van der Waals surface area (Å²) in [6.45, 7) is 6.47. The Balaban J connectivity index is 1.68. The fourth-order valence-corrected chi connectivity index (χ4v) is 4.18. The van der Waals surface area contributed by atoms with Gasteiger partial charge < -0.3 is 9.88 Å². The van der Waals surface area contributed by atoms with Crippen molar-refractivity contribution in [1.29, 1.82) is 0 Å². The van der Waals surface area contributed by atoms with Gasteiger partial charge in [-0.1, -0.05) is 30.8 Å². The number of thioether (sulfide) groups is 1. The lowest BCUT2D eigenvalue weighted by Crippen LogP contribution is -2.15. The van der Waals surface area contributed by atoms with Gasteiger partial charge in [0.2, 0.25) is 5.91 Å². The number of ketones is 1. The van der Waals surface area contributed by atoms with Gasteiger partial charge in [-0.3, -0.25) is 9.59 Å². The van der Waals surface area contributed by atoms with Crippen LogP contribution in [0.4, 0.5) is 5.69 Å². The fraction of sp³-hybridized carbons (Fsp3) is 0.300. The van der Waals surface area contributed by atoms with E-state index in [1.807, 2.05) is 0 Å². The minimum atomic E-state index is -0.148. The van der Waals surface area contributed by atoms with Crippen LogP contribution in [-0.2, 0) is 11.3 Å². The maximum atomic E-state index is 12.3. The minimum Gasteiger partial charge on any atom is -0.325 e. The molecule has 2 heterocycles. The molecule has 1 amide bonds. The molecule has 146 valence electrons. The molecule has 0 aliphatic rings. The predicted molar refractivity (Wildman–Crippen MR) is 114 cm³/mol. The molecule has 0 saturated carbocycles. The number of hydrogen-bond acceptors (Lipinski definition) is 6. The second-order valence-corrected chi connectivity index (χ2v) is 8.44. The van der Waals surface area contributed by atoms with Crippen LogP contribution in [0.2, 0.25) is 0 Å². The molecule has 3 aromatic rings. The highest BCUT2D eigenvalue weighted by atomic mass is 32.2. The number of thiophene rings is 1. The third-order valence-corrected chi connectivity index (χ3v) is 5.87. The van der Waals surface area contributed by atoms with E-state index in [2.05, 4.69) is 45.4 Å². The average Bonchev–Trinajstić information content (AvgIpc) is 3.26. The normalized spacial score (nSPS) is 10.8. The Morgan fingerprint density at radius 1 is 1.25 bits per heavy atom. The van der Waals surface area contributed by atoms with Crippen LogP contribution in [0, 0.1) is 6.92 Å². The van der Waals surface area contributed by atoms with Gasteiger partial charge in [0.25, 0.3) is 0 Å². The highest BCUT2D eigenvalue weighted by molar-refractivity contribution is 7.99. The number of aryl methyl sites for hydroxylation is 1. The monoisotopic (exact) mass is 414 g/mol. The molecule has 1 N–H and O–H groups in total. The van der Waals surface area contributed by atoms with Crippen molar-refractivity contribution in [3.05, 3.63) is 46.2 Å². The van der Waals surface area contributed by atoms with E-state index in [1.54, 1.807) is 35.6 Å². The fourth-order valence-electron chi connectivity index (χ4n) is 2.74. The number of benzene rings is 1. The average molecular weight is 415 g/mol. The third kappa shape index (κ3) is 4.88. The Morgan fingerprint density at radius 2 is 2.07 bits per heavy atom. The second kappa shape index (κ2) is 9.16. The van der Waals surface area contributed by atoms with Crippen molar-refractivity contribution >= 4 is 40.5 Å². The number of carbonyl (C=O) groups is 2. The molecule has 0 radical (unpaired) electrons. The van der Waals surface area contributed by atoms with Crippen LogP contribution in [-0.4, -0.2) is 32.2 Å². The summed E-state index contributed by atoms with van der Waals surface area (Å²) in [7, 11) is 0. The van der Waals surface area contributed by atoms with Crippen LogP contribution in [0.25, 0.3) is 11.4 Å². The Bertz CT molecular complexity index is 994. The zero-order chi connectivity index (χ0) is 20.1. The number of rotatable bonds is 8. The maximum absolute atomic E-state index is 12.3. The number of anilines is 1. The number of nitrogens with one attached hydrogen (secondary N) is 1. The molecule has 0 aliphatic carbocycles. The summed E-state index contributed by atoms with van der Waals surface area (Å²) in [5, 5.41) is 14.3. The van der Waals surface area contributed by atoms with E-state index in [1.165, 1.54) is 23.6 Å². The van der Waals surface area contributed by atoms with Crippen molar-refractivity contribution in [3.8, 4) is 11.4 Å². The molecular formula is C20H22N4O2S2. The molecule has 28 heavy (non-hydrogen) atoms. The standard InChI is InChI=1S/C20H22N4O2S2/c1-4-8-24-19(16-9-13(2)27-11-16)22-23-20(24)28-12-18(26)21-17-7-5-6-15(10-17)14(3)25/h5-7,9-11H,4,8,12H2,1-3H3,(H,21,26). The molecule has 2 aromatic heterocycles. The molecule has 0 spiro atoms. The number of aromatic nitrogens is 3. The molecule has 0 unspecified atom stereocenters. The van der Waals surface area contributed by atoms with Crippen molar-refractivity contribution in [2.75, 3.05) is 11.1 Å². The first-order valence-electron chi connectivity index (χ1n) is 9.00. The summed E-state index contributed by atoms with van der Waals surface area (Å²) in [4.78, 5) is 25.0. The lowest BCUT2D eigenvalue weighted by molar-refractivity contribution is -0.113. The van der Waals surface area contributed by atoms with Crippen LogP contribution in [0.5, 0.6) is 0 Å². The number of hydrogen-bond donors (Lipinski definition) is 1. The molecule has 0 saturated heterocycles. The van der Waals surface area contributed by atoms with Crippen molar-refractivity contribution in [2.45, 2.75) is 38.9 Å². The minimum absolute atomic E-state index is 0.0330. The zero-order valence-corrected chi connectivity index (χ0v) is 17.7. The van der Waals surface area contributed by atoms with Gasteiger partial charge in [-0.25, -0.2) is 0 Å². The largest absolute Gasteiger partial charge is 0.325 e. The number of carbonyl (C=O) groups excluding carboxylic acids is 2. The van der Waals surface area contributed by atoms with Gasteiger partial charge in [-0.05, 0) is 38.5 Å². The molecule has 6 nitrogen and oxygen atoms in total. The van der Waals surface area contributed by atoms with E-state index in [9.17, 15) is 9.59 Å². The molecule has 0 bridgehead atoms. The summed E-state index contributed by atoms with van der Waals surface area (Å²) in [6, 6.07) is 9.04. The van der Waals surface area contributed by atoms with E-state index >= 15 is 0 Å². The molecule has 1 aromatic carbocycles. The van der Waals surface area contributed by atoms with Crippen LogP contribution < -0.4 is 5.32 Å². The first kappa shape index (κ1) is 20.3. The molecular weight excluding hydrogens is 392 g/mol. The number of Topliss-reactive ketones (excluding diaryl/α,β-unsaturated/α-hetero) is 1. The highest BCUT2D eigenvalue weighted by Gasteiger charge is 2.16. The quantitative estimate of drug-likeness (QED) is 0.428. The summed E-state index contributed by atoms with van der Waals surface area (Å²) < 4.78 is 2.07. The first-order valence-corrected chi connectivity index (χ1v) is 10.9. The lowest BCUT2D eigenvalue weighted by Gasteiger charge is -2.09. The van der Waals surface area contributed by atoms with Gasteiger partial charge in [0, 0.05) is 33.6 Å². The van der Waals surface area contributed by atoms with Crippen molar-refractivity contribution in [1.82, 2.24) is 14.8 Å². The smallest absolute Gasteiger partial charge is 0.234 e. The van der Waals surface area contributed by atoms with Gasteiger partial charge in [-0.2, -0.15) is 0 Å². The Kier molecular flexibility index (Phi) is 6.64. The third-order valence-electron chi connectivity index (χ3n) is 4.04. The van der Waals surface area contributed by atoms with Crippen LogP contribution >= 0.6 is 23.1 Å². The van der Waals surface area contributed by atoms with Gasteiger partial charge in [-0.15, -0.1) is 21.5 Å². The van der Waals surface area contributed by atoms with Crippen molar-refractivity contribution in [3.63, 3.8) is 0 Å². The van der Waals surface area contributed by atoms with Crippen LogP contribution in [0.1, 0.15) is 35.5 Å². The maximum Gasteiger partial charge on any atom is 0.234 e. The molecule has 0 aliphatic heterocycles. The Hall–Kier alpha value is -2.45. The van der Waals surface area contributed by atoms with Crippen molar-refractivity contribution < 1.29 is 9.59 Å². The second-order valence-electron chi connectivity index (χ2n) is 6.38. The van der Waals surface area contributed by atoms with Gasteiger partial charge >= 0.3 is 0 Å². The zero-order valence-electron chi connectivity index (χ0n) is 16.1. The summed E-state index contributed by atoms with van der Waals surface area (Å²) in [5.41, 5.74) is 2.24. The Labute approximate surface area is 172 Å². The molecule has 8 heteroatoms. The number of amides is 1. The Morgan fingerprint density at radius 3 is 2.75 bits per heavy atom. The molecule has 0 atom stereocenters. The summed E-state index contributed by atoms with van der Waals surface area (Å²) in [5.74, 6) is 0.872. The van der Waals surface area contributed by atoms with E-state index in [4.69, 9.17) is 0 Å². The van der Waals surface area contributed by atoms with E-state index in [0.717, 1.165) is 29.5 Å². The van der Waals surface area contributed by atoms with Gasteiger partial charge in [0.1, 0.15) is 0 Å². The topological polar surface area (TPSA) is 76.9 Å². The number of nitrogens with zero attached hydrogens (tertiary/aromatic N) is 3. The molecule has 0 fully saturated rings. The summed E-state index contributed by atoms with van der Waals surface area (Å²) in [6.07, 6.45) is 0.950. The lowest BCUT2D eigenvalue weighted by atomic mass is 10.1. The van der Waals surface area contributed by atoms with E-state index < -0.39 is 0 Å². The molecule has 3 rings (SSSR count). The predicted octanol–water partition coefficient (Wildman–Crippen LogP) is 4.66.